The van der Waals surface area contributed by atoms with Gasteiger partial charge >= 0.3 is 0 Å². The lowest BCUT2D eigenvalue weighted by atomic mass is 10.0. The fourth-order valence-electron chi connectivity index (χ4n) is 2.60. The minimum Gasteiger partial charge on any atom is -0.354 e. The molecule has 0 aliphatic heterocycles. The standard InChI is InChI=1S/C21H17F2N3/c1-2-14-11-20(25-17-7-3-15(22)4-8-17)19(13-24)21(12-14)26-18-9-5-16(23)6-10-18/h3-12,25-26H,2H2,1H3. The van der Waals surface area contributed by atoms with Gasteiger partial charge in [0.1, 0.15) is 17.7 Å². The molecular formula is C21H17F2N3. The molecule has 0 unspecified atom stereocenters. The largest absolute Gasteiger partial charge is 0.354 e. The first-order valence-electron chi connectivity index (χ1n) is 8.21. The van der Waals surface area contributed by atoms with E-state index in [1.165, 1.54) is 24.3 Å². The van der Waals surface area contributed by atoms with E-state index in [2.05, 4.69) is 16.7 Å². The van der Waals surface area contributed by atoms with Crippen LogP contribution in [0.1, 0.15) is 18.1 Å². The first-order chi connectivity index (χ1) is 12.6. The molecule has 3 nitrogen and oxygen atoms in total. The smallest absolute Gasteiger partial charge is 0.123 e. The molecule has 5 heteroatoms. The van der Waals surface area contributed by atoms with Crippen LogP contribution in [0.2, 0.25) is 0 Å². The summed E-state index contributed by atoms with van der Waals surface area (Å²) in [4.78, 5) is 0. The van der Waals surface area contributed by atoms with Gasteiger partial charge in [-0.1, -0.05) is 6.92 Å². The summed E-state index contributed by atoms with van der Waals surface area (Å²) in [5.41, 5.74) is 4.08. The van der Waals surface area contributed by atoms with Crippen molar-refractivity contribution in [3.8, 4) is 6.07 Å². The molecule has 130 valence electrons. The fourth-order valence-corrected chi connectivity index (χ4v) is 2.60. The lowest BCUT2D eigenvalue weighted by Gasteiger charge is -2.16. The second-order valence-corrected chi connectivity index (χ2v) is 5.80. The van der Waals surface area contributed by atoms with Gasteiger partial charge in [0, 0.05) is 11.4 Å². The summed E-state index contributed by atoms with van der Waals surface area (Å²) in [5, 5.41) is 16.0. The highest BCUT2D eigenvalue weighted by Gasteiger charge is 2.12. The van der Waals surface area contributed by atoms with Crippen molar-refractivity contribution in [1.82, 2.24) is 0 Å². The molecule has 0 radical (unpaired) electrons. The van der Waals surface area contributed by atoms with E-state index in [-0.39, 0.29) is 11.6 Å². The second kappa shape index (κ2) is 7.66. The molecule has 3 aromatic rings. The number of nitrogens with one attached hydrogen (secondary N) is 2. The minimum absolute atomic E-state index is 0.322. The van der Waals surface area contributed by atoms with E-state index in [4.69, 9.17) is 0 Å². The van der Waals surface area contributed by atoms with Crippen molar-refractivity contribution in [2.75, 3.05) is 10.6 Å². The molecule has 0 aliphatic carbocycles. The summed E-state index contributed by atoms with van der Waals surface area (Å²) < 4.78 is 26.2. The molecule has 0 aromatic heterocycles. The Bertz CT molecular complexity index is 874. The number of anilines is 4. The monoisotopic (exact) mass is 349 g/mol. The molecule has 3 aromatic carbocycles. The average Bonchev–Trinajstić information content (AvgIpc) is 2.65. The molecule has 0 aliphatic rings. The van der Waals surface area contributed by atoms with Gasteiger partial charge in [-0.15, -0.1) is 0 Å². The summed E-state index contributed by atoms with van der Waals surface area (Å²) >= 11 is 0. The molecule has 0 amide bonds. The summed E-state index contributed by atoms with van der Waals surface area (Å²) in [7, 11) is 0. The van der Waals surface area contributed by atoms with Gasteiger partial charge in [0.05, 0.1) is 16.9 Å². The fraction of sp³-hybridized carbons (Fsp3) is 0.0952. The molecule has 2 N–H and O–H groups in total. The molecule has 0 heterocycles. The molecule has 0 fully saturated rings. The lowest BCUT2D eigenvalue weighted by Crippen LogP contribution is -2.01. The second-order valence-electron chi connectivity index (χ2n) is 5.80. The number of nitriles is 1. The Hall–Kier alpha value is -3.39. The highest BCUT2D eigenvalue weighted by molar-refractivity contribution is 5.79. The van der Waals surface area contributed by atoms with Crippen LogP contribution < -0.4 is 10.6 Å². The number of halogens is 2. The molecule has 0 bridgehead atoms. The van der Waals surface area contributed by atoms with Gasteiger partial charge in [-0.3, -0.25) is 0 Å². The molecular weight excluding hydrogens is 332 g/mol. The van der Waals surface area contributed by atoms with E-state index in [1.807, 2.05) is 19.1 Å². The quantitative estimate of drug-likeness (QED) is 0.604. The Morgan fingerprint density at radius 1 is 0.808 bits per heavy atom. The molecule has 3 rings (SSSR count). The summed E-state index contributed by atoms with van der Waals surface area (Å²) in [6, 6.07) is 17.9. The first kappa shape index (κ1) is 17.4. The summed E-state index contributed by atoms with van der Waals surface area (Å²) in [6.45, 7) is 2.02. The van der Waals surface area contributed by atoms with Crippen LogP contribution in [0.15, 0.2) is 60.7 Å². The normalized spacial score (nSPS) is 10.2. The van der Waals surface area contributed by atoms with Crippen molar-refractivity contribution < 1.29 is 8.78 Å². The van der Waals surface area contributed by atoms with E-state index < -0.39 is 0 Å². The lowest BCUT2D eigenvalue weighted by molar-refractivity contribution is 0.627. The van der Waals surface area contributed by atoms with Crippen LogP contribution >= 0.6 is 0 Å². The molecule has 0 saturated heterocycles. The topological polar surface area (TPSA) is 47.9 Å². The van der Waals surface area contributed by atoms with Gasteiger partial charge in [0.25, 0.3) is 0 Å². The predicted molar refractivity (Wildman–Crippen MR) is 99.9 cm³/mol. The third-order valence-corrected chi connectivity index (χ3v) is 3.96. The Kier molecular flexibility index (Phi) is 5.14. The molecule has 0 spiro atoms. The highest BCUT2D eigenvalue weighted by Crippen LogP contribution is 2.31. The van der Waals surface area contributed by atoms with Crippen molar-refractivity contribution in [3.05, 3.63) is 83.4 Å². The minimum atomic E-state index is -0.322. The van der Waals surface area contributed by atoms with Crippen LogP contribution in [0.5, 0.6) is 0 Å². The van der Waals surface area contributed by atoms with Crippen LogP contribution in [0, 0.1) is 23.0 Å². The number of benzene rings is 3. The van der Waals surface area contributed by atoms with Gasteiger partial charge in [-0.05, 0) is 72.6 Å². The number of rotatable bonds is 5. The molecule has 26 heavy (non-hydrogen) atoms. The zero-order valence-corrected chi connectivity index (χ0v) is 14.2. The van der Waals surface area contributed by atoms with Crippen LogP contribution in [0.25, 0.3) is 0 Å². The average molecular weight is 349 g/mol. The third-order valence-electron chi connectivity index (χ3n) is 3.96. The maximum Gasteiger partial charge on any atom is 0.123 e. The number of hydrogen-bond acceptors (Lipinski definition) is 3. The maximum atomic E-state index is 13.1. The van der Waals surface area contributed by atoms with E-state index >= 15 is 0 Å². The number of nitrogens with zero attached hydrogens (tertiary/aromatic N) is 1. The Balaban J connectivity index is 1.99. The predicted octanol–water partition coefficient (Wildman–Crippen LogP) is 5.89. The van der Waals surface area contributed by atoms with E-state index in [1.54, 1.807) is 24.3 Å². The van der Waals surface area contributed by atoms with Gasteiger partial charge in [0.2, 0.25) is 0 Å². The van der Waals surface area contributed by atoms with E-state index in [0.717, 1.165) is 12.0 Å². The van der Waals surface area contributed by atoms with Gasteiger partial charge in [0.15, 0.2) is 0 Å². The Labute approximate surface area is 150 Å². The molecule has 0 saturated carbocycles. The Morgan fingerprint density at radius 2 is 1.23 bits per heavy atom. The number of hydrogen-bond donors (Lipinski definition) is 2. The van der Waals surface area contributed by atoms with E-state index in [9.17, 15) is 14.0 Å². The Morgan fingerprint density at radius 3 is 1.58 bits per heavy atom. The highest BCUT2D eigenvalue weighted by atomic mass is 19.1. The molecule has 0 atom stereocenters. The van der Waals surface area contributed by atoms with Gasteiger partial charge < -0.3 is 10.6 Å². The van der Waals surface area contributed by atoms with Gasteiger partial charge in [-0.25, -0.2) is 8.78 Å². The third kappa shape index (κ3) is 3.98. The zero-order chi connectivity index (χ0) is 18.5. The van der Waals surface area contributed by atoms with Crippen LogP contribution in [0.3, 0.4) is 0 Å². The SMILES string of the molecule is CCc1cc(Nc2ccc(F)cc2)c(C#N)c(Nc2ccc(F)cc2)c1. The van der Waals surface area contributed by atoms with Crippen molar-refractivity contribution in [3.63, 3.8) is 0 Å². The maximum absolute atomic E-state index is 13.1. The van der Waals surface area contributed by atoms with Crippen molar-refractivity contribution in [1.29, 1.82) is 5.26 Å². The summed E-state index contributed by atoms with van der Waals surface area (Å²) in [6.07, 6.45) is 0.780. The van der Waals surface area contributed by atoms with Gasteiger partial charge in [-0.2, -0.15) is 5.26 Å². The van der Waals surface area contributed by atoms with Crippen molar-refractivity contribution >= 4 is 22.7 Å². The van der Waals surface area contributed by atoms with Crippen molar-refractivity contribution in [2.24, 2.45) is 0 Å². The summed E-state index contributed by atoms with van der Waals surface area (Å²) in [5.74, 6) is -0.644. The van der Waals surface area contributed by atoms with Crippen LogP contribution in [-0.2, 0) is 6.42 Å². The van der Waals surface area contributed by atoms with Crippen molar-refractivity contribution in [2.45, 2.75) is 13.3 Å². The van der Waals surface area contributed by atoms with Crippen LogP contribution in [-0.4, -0.2) is 0 Å². The van der Waals surface area contributed by atoms with E-state index in [0.29, 0.717) is 28.3 Å². The van der Waals surface area contributed by atoms with Crippen LogP contribution in [0.4, 0.5) is 31.5 Å². The first-order valence-corrected chi connectivity index (χ1v) is 8.21. The zero-order valence-electron chi connectivity index (χ0n) is 14.2. The number of aryl methyl sites for hydroxylation is 1.